The molecule has 4 heteroatoms. The molecule has 0 atom stereocenters. The summed E-state index contributed by atoms with van der Waals surface area (Å²) in [4.78, 5) is 0. The fraction of sp³-hybridized carbons (Fsp3) is 0.0556. The summed E-state index contributed by atoms with van der Waals surface area (Å²) in [6, 6.07) is 19.7. The molecular formula is C18H13N3O. The number of nitriles is 1. The lowest BCUT2D eigenvalue weighted by Gasteiger charge is -2.02. The molecule has 22 heavy (non-hydrogen) atoms. The van der Waals surface area contributed by atoms with Crippen molar-refractivity contribution in [1.29, 1.82) is 5.26 Å². The van der Waals surface area contributed by atoms with Crippen LogP contribution in [0.15, 0.2) is 54.6 Å². The van der Waals surface area contributed by atoms with Gasteiger partial charge < -0.3 is 9.67 Å². The number of aromatic nitrogens is 2. The first-order valence-electron chi connectivity index (χ1n) is 7.00. The Kier molecular flexibility index (Phi) is 2.51. The first-order chi connectivity index (χ1) is 10.7. The molecule has 0 aliphatic heterocycles. The first-order valence-corrected chi connectivity index (χ1v) is 7.00. The van der Waals surface area contributed by atoms with E-state index in [4.69, 9.17) is 0 Å². The van der Waals surface area contributed by atoms with Crippen molar-refractivity contribution in [2.45, 2.75) is 0 Å². The Morgan fingerprint density at radius 2 is 1.59 bits per heavy atom. The molecule has 2 aromatic heterocycles. The molecule has 0 saturated carbocycles. The third kappa shape index (κ3) is 1.45. The Balaban J connectivity index is 2.29. The van der Waals surface area contributed by atoms with Crippen LogP contribution in [0.3, 0.4) is 0 Å². The number of hydrogen-bond acceptors (Lipinski definition) is 2. The quantitative estimate of drug-likeness (QED) is 0.580. The zero-order valence-electron chi connectivity index (χ0n) is 12.0. The standard InChI is InChI=1S/C18H13N3O/c1-20-14-9-5-6-10-15(14)21-16(12-7-3-2-4-8-12)17(22)13(11-19)18(20)21/h2-10,22H,1H3. The third-order valence-electron chi connectivity index (χ3n) is 4.08. The normalized spacial score (nSPS) is 11.1. The Bertz CT molecular complexity index is 1050. The number of para-hydroxylation sites is 2. The van der Waals surface area contributed by atoms with E-state index in [1.165, 1.54) is 0 Å². The van der Waals surface area contributed by atoms with Gasteiger partial charge in [-0.3, -0.25) is 4.40 Å². The number of aryl methyl sites for hydroxylation is 1. The molecular weight excluding hydrogens is 274 g/mol. The summed E-state index contributed by atoms with van der Waals surface area (Å²) in [5, 5.41) is 20.1. The summed E-state index contributed by atoms with van der Waals surface area (Å²) < 4.78 is 3.90. The Morgan fingerprint density at radius 3 is 2.27 bits per heavy atom. The topological polar surface area (TPSA) is 53.4 Å². The zero-order valence-corrected chi connectivity index (χ0v) is 12.0. The fourth-order valence-corrected chi connectivity index (χ4v) is 3.12. The second-order valence-corrected chi connectivity index (χ2v) is 5.26. The van der Waals surface area contributed by atoms with Crippen LogP contribution in [0.4, 0.5) is 0 Å². The minimum atomic E-state index is 0.0325. The van der Waals surface area contributed by atoms with Crippen LogP contribution in [0.5, 0.6) is 5.75 Å². The Labute approximate surface area is 127 Å². The molecule has 4 rings (SSSR count). The van der Waals surface area contributed by atoms with Crippen LogP contribution in [0.2, 0.25) is 0 Å². The van der Waals surface area contributed by atoms with E-state index in [2.05, 4.69) is 6.07 Å². The molecule has 0 spiro atoms. The highest BCUT2D eigenvalue weighted by atomic mass is 16.3. The average molecular weight is 287 g/mol. The van der Waals surface area contributed by atoms with Crippen molar-refractivity contribution in [3.8, 4) is 23.1 Å². The van der Waals surface area contributed by atoms with Crippen LogP contribution in [-0.2, 0) is 7.05 Å². The molecule has 0 saturated heterocycles. The van der Waals surface area contributed by atoms with Gasteiger partial charge in [-0.25, -0.2) is 0 Å². The van der Waals surface area contributed by atoms with Gasteiger partial charge in [0.05, 0.1) is 16.7 Å². The van der Waals surface area contributed by atoms with E-state index in [0.717, 1.165) is 16.6 Å². The highest BCUT2D eigenvalue weighted by molar-refractivity contribution is 5.91. The molecule has 0 unspecified atom stereocenters. The summed E-state index contributed by atoms with van der Waals surface area (Å²) in [5.41, 5.74) is 4.54. The van der Waals surface area contributed by atoms with Gasteiger partial charge in [-0.2, -0.15) is 5.26 Å². The number of aromatic hydroxyl groups is 1. The third-order valence-corrected chi connectivity index (χ3v) is 4.08. The summed E-state index contributed by atoms with van der Waals surface area (Å²) >= 11 is 0. The van der Waals surface area contributed by atoms with Crippen LogP contribution in [0.1, 0.15) is 5.56 Å². The maximum Gasteiger partial charge on any atom is 0.161 e. The van der Waals surface area contributed by atoms with E-state index in [-0.39, 0.29) is 5.75 Å². The van der Waals surface area contributed by atoms with Gasteiger partial charge in [0.15, 0.2) is 5.75 Å². The van der Waals surface area contributed by atoms with Crippen LogP contribution in [-0.4, -0.2) is 14.1 Å². The lowest BCUT2D eigenvalue weighted by atomic mass is 10.1. The number of imidazole rings is 1. The van der Waals surface area contributed by atoms with Gasteiger partial charge in [0.25, 0.3) is 0 Å². The SMILES string of the molecule is Cn1c2ccccc2n2c(-c3ccccc3)c(O)c(C#N)c12. The van der Waals surface area contributed by atoms with Crippen molar-refractivity contribution in [2.24, 2.45) is 7.05 Å². The average Bonchev–Trinajstić information content (AvgIpc) is 3.01. The smallest absolute Gasteiger partial charge is 0.161 e. The molecule has 0 aliphatic rings. The highest BCUT2D eigenvalue weighted by Gasteiger charge is 2.23. The van der Waals surface area contributed by atoms with Crippen LogP contribution in [0, 0.1) is 11.3 Å². The van der Waals surface area contributed by atoms with Gasteiger partial charge in [0.1, 0.15) is 17.3 Å². The predicted octanol–water partition coefficient (Wildman–Crippen LogP) is 3.68. The minimum absolute atomic E-state index is 0.0325. The largest absolute Gasteiger partial charge is 0.504 e. The van der Waals surface area contributed by atoms with Crippen LogP contribution >= 0.6 is 0 Å². The molecule has 0 aliphatic carbocycles. The van der Waals surface area contributed by atoms with E-state index in [9.17, 15) is 10.4 Å². The molecule has 0 bridgehead atoms. The number of hydrogen-bond donors (Lipinski definition) is 1. The number of fused-ring (bicyclic) bond motifs is 3. The summed E-state index contributed by atoms with van der Waals surface area (Å²) in [6.07, 6.45) is 0. The molecule has 106 valence electrons. The molecule has 1 N–H and O–H groups in total. The van der Waals surface area contributed by atoms with Gasteiger partial charge >= 0.3 is 0 Å². The summed E-state index contributed by atoms with van der Waals surface area (Å²) in [5.74, 6) is 0.0325. The second-order valence-electron chi connectivity index (χ2n) is 5.26. The van der Waals surface area contributed by atoms with Crippen LogP contribution in [0.25, 0.3) is 27.9 Å². The van der Waals surface area contributed by atoms with E-state index in [1.807, 2.05) is 70.6 Å². The van der Waals surface area contributed by atoms with Gasteiger partial charge in [-0.15, -0.1) is 0 Å². The summed E-state index contributed by atoms with van der Waals surface area (Å²) in [6.45, 7) is 0. The van der Waals surface area contributed by atoms with E-state index >= 15 is 0 Å². The molecule has 4 aromatic rings. The molecule has 4 nitrogen and oxygen atoms in total. The molecule has 2 aromatic carbocycles. The van der Waals surface area contributed by atoms with E-state index < -0.39 is 0 Å². The van der Waals surface area contributed by atoms with Crippen molar-refractivity contribution in [3.63, 3.8) is 0 Å². The van der Waals surface area contributed by atoms with E-state index in [1.54, 1.807) is 0 Å². The van der Waals surface area contributed by atoms with Gasteiger partial charge in [-0.05, 0) is 12.1 Å². The molecule has 0 fully saturated rings. The lowest BCUT2D eigenvalue weighted by Crippen LogP contribution is -1.89. The number of rotatable bonds is 1. The zero-order chi connectivity index (χ0) is 15.3. The highest BCUT2D eigenvalue weighted by Crippen LogP contribution is 2.40. The van der Waals surface area contributed by atoms with Crippen molar-refractivity contribution < 1.29 is 5.11 Å². The van der Waals surface area contributed by atoms with Gasteiger partial charge in [0.2, 0.25) is 0 Å². The van der Waals surface area contributed by atoms with Crippen molar-refractivity contribution in [2.75, 3.05) is 0 Å². The minimum Gasteiger partial charge on any atom is -0.504 e. The lowest BCUT2D eigenvalue weighted by molar-refractivity contribution is 0.476. The predicted molar refractivity (Wildman–Crippen MR) is 85.7 cm³/mol. The monoisotopic (exact) mass is 287 g/mol. The Morgan fingerprint density at radius 1 is 0.955 bits per heavy atom. The number of nitrogens with zero attached hydrogens (tertiary/aromatic N) is 3. The van der Waals surface area contributed by atoms with Crippen molar-refractivity contribution in [3.05, 3.63) is 60.2 Å². The molecule has 0 amide bonds. The Hall–Kier alpha value is -3.19. The summed E-state index contributed by atoms with van der Waals surface area (Å²) in [7, 11) is 1.91. The van der Waals surface area contributed by atoms with Crippen molar-refractivity contribution in [1.82, 2.24) is 8.97 Å². The fourth-order valence-electron chi connectivity index (χ4n) is 3.12. The molecule has 2 heterocycles. The number of benzene rings is 2. The van der Waals surface area contributed by atoms with Crippen LogP contribution < -0.4 is 0 Å². The van der Waals surface area contributed by atoms with Gasteiger partial charge in [0, 0.05) is 12.6 Å². The molecule has 0 radical (unpaired) electrons. The first kappa shape index (κ1) is 12.5. The maximum atomic E-state index is 10.6. The van der Waals surface area contributed by atoms with Gasteiger partial charge in [-0.1, -0.05) is 42.5 Å². The maximum absolute atomic E-state index is 10.6. The van der Waals surface area contributed by atoms with Crippen molar-refractivity contribution >= 4 is 16.7 Å². The van der Waals surface area contributed by atoms with E-state index in [0.29, 0.717) is 16.9 Å². The second kappa shape index (κ2) is 4.40.